The molecule has 1 aliphatic carbocycles. The Kier molecular flexibility index (Phi) is 4.52. The number of hydrogen-bond acceptors (Lipinski definition) is 2. The third-order valence-corrected chi connectivity index (χ3v) is 2.94. The van der Waals surface area contributed by atoms with Crippen molar-refractivity contribution in [3.63, 3.8) is 0 Å². The first-order chi connectivity index (χ1) is 7.50. The molecule has 0 bridgehead atoms. The summed E-state index contributed by atoms with van der Waals surface area (Å²) in [5, 5.41) is 11.4. The van der Waals surface area contributed by atoms with Crippen LogP contribution in [0.25, 0.3) is 0 Å². The van der Waals surface area contributed by atoms with E-state index in [1.165, 1.54) is 5.57 Å². The fourth-order valence-corrected chi connectivity index (χ4v) is 1.93. The van der Waals surface area contributed by atoms with Crippen LogP contribution < -0.4 is 5.32 Å². The molecule has 0 radical (unpaired) electrons. The maximum Gasteiger partial charge on any atom is 0.303 e. The van der Waals surface area contributed by atoms with Crippen molar-refractivity contribution in [2.45, 2.75) is 52.0 Å². The van der Waals surface area contributed by atoms with Crippen LogP contribution in [0.3, 0.4) is 0 Å². The molecule has 0 aliphatic heterocycles. The van der Waals surface area contributed by atoms with Crippen molar-refractivity contribution < 1.29 is 14.7 Å². The number of hydrogen-bond donors (Lipinski definition) is 2. The van der Waals surface area contributed by atoms with E-state index in [9.17, 15) is 9.59 Å². The topological polar surface area (TPSA) is 66.4 Å². The minimum atomic E-state index is -0.822. The van der Waals surface area contributed by atoms with Crippen LogP contribution in [0, 0.1) is 0 Å². The summed E-state index contributed by atoms with van der Waals surface area (Å²) < 4.78 is 0. The maximum atomic E-state index is 11.8. The molecule has 16 heavy (non-hydrogen) atoms. The molecule has 1 rings (SSSR count). The van der Waals surface area contributed by atoms with Crippen molar-refractivity contribution >= 4 is 11.9 Å². The second-order valence-corrected chi connectivity index (χ2v) is 4.42. The average molecular weight is 225 g/mol. The molecule has 4 nitrogen and oxygen atoms in total. The van der Waals surface area contributed by atoms with Gasteiger partial charge in [-0.2, -0.15) is 0 Å². The van der Waals surface area contributed by atoms with Crippen LogP contribution in [0.4, 0.5) is 0 Å². The number of nitrogens with one attached hydrogen (secondary N) is 1. The quantitative estimate of drug-likeness (QED) is 0.750. The molecule has 4 heteroatoms. The van der Waals surface area contributed by atoms with Crippen LogP contribution in [0.15, 0.2) is 11.1 Å². The van der Waals surface area contributed by atoms with Gasteiger partial charge in [-0.25, -0.2) is 0 Å². The lowest BCUT2D eigenvalue weighted by atomic mass is 10.1. The Morgan fingerprint density at radius 3 is 2.62 bits per heavy atom. The van der Waals surface area contributed by atoms with Crippen molar-refractivity contribution in [1.82, 2.24) is 5.32 Å². The summed E-state index contributed by atoms with van der Waals surface area (Å²) in [5.74, 6) is -0.842. The molecule has 0 aromatic carbocycles. The average Bonchev–Trinajstić information content (AvgIpc) is 2.61. The van der Waals surface area contributed by atoms with E-state index in [0.717, 1.165) is 24.8 Å². The van der Waals surface area contributed by atoms with Gasteiger partial charge in [0.1, 0.15) is 0 Å². The molecule has 90 valence electrons. The van der Waals surface area contributed by atoms with Crippen molar-refractivity contribution in [2.24, 2.45) is 0 Å². The van der Waals surface area contributed by atoms with Gasteiger partial charge >= 0.3 is 5.97 Å². The fraction of sp³-hybridized carbons (Fsp3) is 0.667. The number of allylic oxidation sites excluding steroid dienone is 1. The molecule has 0 heterocycles. The Hall–Kier alpha value is -1.32. The van der Waals surface area contributed by atoms with Crippen molar-refractivity contribution in [2.75, 3.05) is 0 Å². The molecule has 0 aromatic rings. The first kappa shape index (κ1) is 12.7. The van der Waals surface area contributed by atoms with E-state index < -0.39 is 5.97 Å². The summed E-state index contributed by atoms with van der Waals surface area (Å²) in [6, 6.07) is -0.0792. The Labute approximate surface area is 95.7 Å². The first-order valence-electron chi connectivity index (χ1n) is 5.72. The fourth-order valence-electron chi connectivity index (χ4n) is 1.93. The predicted molar refractivity (Wildman–Crippen MR) is 61.0 cm³/mol. The van der Waals surface area contributed by atoms with Crippen molar-refractivity contribution in [3.05, 3.63) is 11.1 Å². The minimum Gasteiger partial charge on any atom is -0.481 e. The number of amides is 1. The lowest BCUT2D eigenvalue weighted by Crippen LogP contribution is -2.33. The van der Waals surface area contributed by atoms with Crippen LogP contribution >= 0.6 is 0 Å². The normalized spacial score (nSPS) is 17.4. The lowest BCUT2D eigenvalue weighted by molar-refractivity contribution is -0.137. The second-order valence-electron chi connectivity index (χ2n) is 4.42. The van der Waals surface area contributed by atoms with Gasteiger partial charge < -0.3 is 10.4 Å². The molecule has 2 N–H and O–H groups in total. The number of carboxylic acids is 1. The highest BCUT2D eigenvalue weighted by Crippen LogP contribution is 2.25. The molecule has 1 atom stereocenters. The van der Waals surface area contributed by atoms with Crippen LogP contribution in [-0.2, 0) is 9.59 Å². The molecule has 0 saturated carbocycles. The van der Waals surface area contributed by atoms with Gasteiger partial charge in [0.25, 0.3) is 0 Å². The van der Waals surface area contributed by atoms with E-state index in [-0.39, 0.29) is 18.4 Å². The predicted octanol–water partition coefficient (Wildman–Crippen LogP) is 1.86. The van der Waals surface area contributed by atoms with Gasteiger partial charge in [-0.1, -0.05) is 5.57 Å². The van der Waals surface area contributed by atoms with Crippen LogP contribution in [0.1, 0.15) is 46.0 Å². The van der Waals surface area contributed by atoms with Gasteiger partial charge in [-0.3, -0.25) is 9.59 Å². The molecule has 0 aromatic heterocycles. The molecule has 1 unspecified atom stereocenters. The smallest absolute Gasteiger partial charge is 0.303 e. The van der Waals surface area contributed by atoms with Gasteiger partial charge in [0.2, 0.25) is 5.91 Å². The van der Waals surface area contributed by atoms with E-state index >= 15 is 0 Å². The summed E-state index contributed by atoms with van der Waals surface area (Å²) in [6.07, 6.45) is 3.49. The Bertz CT molecular complexity index is 320. The summed E-state index contributed by atoms with van der Waals surface area (Å²) >= 11 is 0. The number of carbonyl (C=O) groups excluding carboxylic acids is 1. The van der Waals surface area contributed by atoms with Gasteiger partial charge in [0.15, 0.2) is 0 Å². The maximum absolute atomic E-state index is 11.8. The third-order valence-electron chi connectivity index (χ3n) is 2.94. The zero-order valence-electron chi connectivity index (χ0n) is 9.88. The Morgan fingerprint density at radius 1 is 1.44 bits per heavy atom. The Morgan fingerprint density at radius 2 is 2.12 bits per heavy atom. The zero-order valence-corrected chi connectivity index (χ0v) is 9.88. The Balaban J connectivity index is 2.39. The molecular formula is C12H19NO3. The number of carboxylic acid groups (broad SMARTS) is 1. The van der Waals surface area contributed by atoms with Gasteiger partial charge in [0, 0.05) is 18.0 Å². The van der Waals surface area contributed by atoms with Crippen molar-refractivity contribution in [3.8, 4) is 0 Å². The highest BCUT2D eigenvalue weighted by atomic mass is 16.4. The summed E-state index contributed by atoms with van der Waals surface area (Å²) in [4.78, 5) is 22.2. The van der Waals surface area contributed by atoms with Crippen LogP contribution in [0.2, 0.25) is 0 Å². The van der Waals surface area contributed by atoms with E-state index in [0.29, 0.717) is 6.42 Å². The number of aliphatic carboxylic acids is 1. The standard InChI is InChI=1S/C12H19NO3/c1-8-4-3-5-10(8)12(16)13-9(2)6-7-11(14)15/h9H,3-7H2,1-2H3,(H,13,16)(H,14,15). The summed E-state index contributed by atoms with van der Waals surface area (Å²) in [7, 11) is 0. The highest BCUT2D eigenvalue weighted by molar-refractivity contribution is 5.94. The monoisotopic (exact) mass is 225 g/mol. The molecular weight excluding hydrogens is 206 g/mol. The summed E-state index contributed by atoms with van der Waals surface area (Å²) in [5.41, 5.74) is 2.06. The highest BCUT2D eigenvalue weighted by Gasteiger charge is 2.19. The van der Waals surface area contributed by atoms with E-state index in [2.05, 4.69) is 5.32 Å². The van der Waals surface area contributed by atoms with Gasteiger partial charge in [-0.15, -0.1) is 0 Å². The second kappa shape index (κ2) is 5.68. The van der Waals surface area contributed by atoms with E-state index in [1.54, 1.807) is 0 Å². The SMILES string of the molecule is CC1=C(C(=O)NC(C)CCC(=O)O)CCC1. The lowest BCUT2D eigenvalue weighted by Gasteiger charge is -2.13. The zero-order chi connectivity index (χ0) is 12.1. The van der Waals surface area contributed by atoms with E-state index in [4.69, 9.17) is 5.11 Å². The summed E-state index contributed by atoms with van der Waals surface area (Å²) in [6.45, 7) is 3.83. The third kappa shape index (κ3) is 3.68. The molecule has 1 amide bonds. The molecule has 0 fully saturated rings. The van der Waals surface area contributed by atoms with Gasteiger partial charge in [-0.05, 0) is 39.5 Å². The van der Waals surface area contributed by atoms with Crippen LogP contribution in [-0.4, -0.2) is 23.0 Å². The number of rotatable bonds is 5. The van der Waals surface area contributed by atoms with Gasteiger partial charge in [0.05, 0.1) is 0 Å². The van der Waals surface area contributed by atoms with E-state index in [1.807, 2.05) is 13.8 Å². The molecule has 0 saturated heterocycles. The van der Waals surface area contributed by atoms with Crippen molar-refractivity contribution in [1.29, 1.82) is 0 Å². The molecule has 1 aliphatic rings. The molecule has 0 spiro atoms. The minimum absolute atomic E-state index is 0.0205. The van der Waals surface area contributed by atoms with Crippen LogP contribution in [0.5, 0.6) is 0 Å². The first-order valence-corrected chi connectivity index (χ1v) is 5.72. The largest absolute Gasteiger partial charge is 0.481 e. The number of carbonyl (C=O) groups is 2.